The molecular formula is C13H19NO2. The Labute approximate surface area is 96.5 Å². The van der Waals surface area contributed by atoms with Gasteiger partial charge in [0.2, 0.25) is 0 Å². The van der Waals surface area contributed by atoms with Crippen molar-refractivity contribution in [1.82, 2.24) is 0 Å². The molecule has 0 fully saturated rings. The zero-order valence-electron chi connectivity index (χ0n) is 10.1. The molecule has 16 heavy (non-hydrogen) atoms. The highest BCUT2D eigenvalue weighted by Gasteiger charge is 2.06. The van der Waals surface area contributed by atoms with Crippen molar-refractivity contribution in [2.24, 2.45) is 0 Å². The van der Waals surface area contributed by atoms with Gasteiger partial charge >= 0.3 is 5.97 Å². The number of hydrogen-bond donors (Lipinski definition) is 2. The van der Waals surface area contributed by atoms with Crippen LogP contribution in [-0.4, -0.2) is 17.1 Å². The van der Waals surface area contributed by atoms with Crippen LogP contribution < -0.4 is 5.32 Å². The minimum absolute atomic E-state index is 0.177. The van der Waals surface area contributed by atoms with Crippen molar-refractivity contribution in [2.75, 3.05) is 5.32 Å². The lowest BCUT2D eigenvalue weighted by Gasteiger charge is -2.16. The Kier molecular flexibility index (Phi) is 4.35. The molecule has 1 rings (SSSR count). The van der Waals surface area contributed by atoms with Crippen LogP contribution in [0.4, 0.5) is 5.69 Å². The fourth-order valence-electron chi connectivity index (χ4n) is 1.57. The smallest absolute Gasteiger partial charge is 0.303 e. The lowest BCUT2D eigenvalue weighted by molar-refractivity contribution is -0.137. The van der Waals surface area contributed by atoms with Crippen molar-refractivity contribution in [2.45, 2.75) is 39.7 Å². The van der Waals surface area contributed by atoms with Crippen LogP contribution in [0.3, 0.4) is 0 Å². The number of rotatable bonds is 5. The van der Waals surface area contributed by atoms with Crippen LogP contribution >= 0.6 is 0 Å². The molecule has 0 amide bonds. The van der Waals surface area contributed by atoms with Gasteiger partial charge in [-0.3, -0.25) is 4.79 Å². The van der Waals surface area contributed by atoms with Gasteiger partial charge in [-0.25, -0.2) is 0 Å². The number of carbonyl (C=O) groups is 1. The van der Waals surface area contributed by atoms with Gasteiger partial charge in [-0.1, -0.05) is 12.1 Å². The van der Waals surface area contributed by atoms with Gasteiger partial charge in [-0.15, -0.1) is 0 Å². The molecule has 88 valence electrons. The van der Waals surface area contributed by atoms with Crippen molar-refractivity contribution in [3.63, 3.8) is 0 Å². The van der Waals surface area contributed by atoms with Crippen molar-refractivity contribution in [1.29, 1.82) is 0 Å². The maximum Gasteiger partial charge on any atom is 0.303 e. The van der Waals surface area contributed by atoms with Gasteiger partial charge in [-0.2, -0.15) is 0 Å². The summed E-state index contributed by atoms with van der Waals surface area (Å²) in [5.41, 5.74) is 3.49. The molecule has 0 heterocycles. The van der Waals surface area contributed by atoms with Crippen LogP contribution in [0.15, 0.2) is 18.2 Å². The van der Waals surface area contributed by atoms with E-state index in [1.807, 2.05) is 20.8 Å². The van der Waals surface area contributed by atoms with E-state index in [-0.39, 0.29) is 12.5 Å². The summed E-state index contributed by atoms with van der Waals surface area (Å²) in [6, 6.07) is 6.41. The van der Waals surface area contributed by atoms with E-state index in [0.717, 1.165) is 5.69 Å². The maximum atomic E-state index is 10.4. The number of carboxylic acid groups (broad SMARTS) is 1. The highest BCUT2D eigenvalue weighted by molar-refractivity contribution is 5.66. The normalized spacial score (nSPS) is 12.2. The van der Waals surface area contributed by atoms with E-state index in [4.69, 9.17) is 5.11 Å². The molecule has 0 aromatic heterocycles. The minimum Gasteiger partial charge on any atom is -0.481 e. The number of anilines is 1. The van der Waals surface area contributed by atoms with E-state index in [1.165, 1.54) is 11.1 Å². The molecule has 3 nitrogen and oxygen atoms in total. The Hall–Kier alpha value is -1.51. The summed E-state index contributed by atoms with van der Waals surface area (Å²) in [5, 5.41) is 11.9. The third-order valence-electron chi connectivity index (χ3n) is 2.59. The van der Waals surface area contributed by atoms with Gasteiger partial charge in [0.15, 0.2) is 0 Å². The van der Waals surface area contributed by atoms with E-state index in [2.05, 4.69) is 23.5 Å². The third kappa shape index (κ3) is 3.93. The molecular weight excluding hydrogens is 202 g/mol. The Morgan fingerprint density at radius 2 is 2.12 bits per heavy atom. The lowest BCUT2D eigenvalue weighted by atomic mass is 10.1. The fourth-order valence-corrected chi connectivity index (χ4v) is 1.57. The molecule has 0 aliphatic carbocycles. The number of aliphatic carboxylic acids is 1. The monoisotopic (exact) mass is 221 g/mol. The van der Waals surface area contributed by atoms with Crippen LogP contribution in [0.25, 0.3) is 0 Å². The Morgan fingerprint density at radius 1 is 1.44 bits per heavy atom. The number of benzene rings is 1. The van der Waals surface area contributed by atoms with E-state index < -0.39 is 5.97 Å². The van der Waals surface area contributed by atoms with Crippen LogP contribution in [0.5, 0.6) is 0 Å². The van der Waals surface area contributed by atoms with Crippen LogP contribution in [-0.2, 0) is 4.79 Å². The molecule has 1 aromatic rings. The summed E-state index contributed by atoms with van der Waals surface area (Å²) in [7, 11) is 0. The van der Waals surface area contributed by atoms with Crippen molar-refractivity contribution < 1.29 is 9.90 Å². The molecule has 0 aliphatic rings. The zero-order valence-corrected chi connectivity index (χ0v) is 10.1. The van der Waals surface area contributed by atoms with Gasteiger partial charge in [0.25, 0.3) is 0 Å². The number of nitrogens with one attached hydrogen (secondary N) is 1. The molecule has 0 bridgehead atoms. The first-order chi connectivity index (χ1) is 7.49. The first-order valence-electron chi connectivity index (χ1n) is 5.54. The van der Waals surface area contributed by atoms with Gasteiger partial charge in [0, 0.05) is 18.2 Å². The predicted octanol–water partition coefficient (Wildman–Crippen LogP) is 2.97. The predicted molar refractivity (Wildman–Crippen MR) is 65.9 cm³/mol. The van der Waals surface area contributed by atoms with Gasteiger partial charge in [0.05, 0.1) is 0 Å². The quantitative estimate of drug-likeness (QED) is 0.803. The van der Waals surface area contributed by atoms with Gasteiger partial charge in [0.1, 0.15) is 0 Å². The van der Waals surface area contributed by atoms with Crippen LogP contribution in [0, 0.1) is 13.8 Å². The fraction of sp³-hybridized carbons (Fsp3) is 0.462. The average molecular weight is 221 g/mol. The SMILES string of the molecule is Cc1ccc(C)c(NC(C)CCC(=O)O)c1. The average Bonchev–Trinajstić information content (AvgIpc) is 2.20. The summed E-state index contributed by atoms with van der Waals surface area (Å²) in [5.74, 6) is -0.741. The van der Waals surface area contributed by atoms with Gasteiger partial charge < -0.3 is 10.4 Å². The highest BCUT2D eigenvalue weighted by Crippen LogP contribution is 2.18. The summed E-state index contributed by atoms with van der Waals surface area (Å²) in [6.45, 7) is 6.10. The summed E-state index contributed by atoms with van der Waals surface area (Å²) in [6.07, 6.45) is 0.849. The molecule has 3 heteroatoms. The summed E-state index contributed by atoms with van der Waals surface area (Å²) >= 11 is 0. The maximum absolute atomic E-state index is 10.4. The molecule has 1 aromatic carbocycles. The zero-order chi connectivity index (χ0) is 12.1. The second kappa shape index (κ2) is 5.54. The second-order valence-electron chi connectivity index (χ2n) is 4.30. The summed E-state index contributed by atoms with van der Waals surface area (Å²) < 4.78 is 0. The van der Waals surface area contributed by atoms with Crippen molar-refractivity contribution in [3.05, 3.63) is 29.3 Å². The Morgan fingerprint density at radius 3 is 2.75 bits per heavy atom. The molecule has 2 N–H and O–H groups in total. The molecule has 0 spiro atoms. The van der Waals surface area contributed by atoms with Crippen LogP contribution in [0.1, 0.15) is 30.9 Å². The number of carboxylic acids is 1. The minimum atomic E-state index is -0.741. The van der Waals surface area contributed by atoms with Crippen molar-refractivity contribution in [3.8, 4) is 0 Å². The van der Waals surface area contributed by atoms with E-state index in [0.29, 0.717) is 6.42 Å². The van der Waals surface area contributed by atoms with Crippen molar-refractivity contribution >= 4 is 11.7 Å². The van der Waals surface area contributed by atoms with Crippen LogP contribution in [0.2, 0.25) is 0 Å². The standard InChI is InChI=1S/C13H19NO2/c1-9-4-5-10(2)12(8-9)14-11(3)6-7-13(15)16/h4-5,8,11,14H,6-7H2,1-3H3,(H,15,16). The first-order valence-corrected chi connectivity index (χ1v) is 5.54. The van der Waals surface area contributed by atoms with Gasteiger partial charge in [-0.05, 0) is 44.4 Å². The van der Waals surface area contributed by atoms with E-state index in [9.17, 15) is 4.79 Å². The largest absolute Gasteiger partial charge is 0.481 e. The highest BCUT2D eigenvalue weighted by atomic mass is 16.4. The van der Waals surface area contributed by atoms with E-state index >= 15 is 0 Å². The van der Waals surface area contributed by atoms with E-state index in [1.54, 1.807) is 0 Å². The number of hydrogen-bond acceptors (Lipinski definition) is 2. The topological polar surface area (TPSA) is 49.3 Å². The molecule has 0 saturated carbocycles. The Balaban J connectivity index is 2.58. The second-order valence-corrected chi connectivity index (χ2v) is 4.30. The molecule has 0 radical (unpaired) electrons. The summed E-state index contributed by atoms with van der Waals surface area (Å²) in [4.78, 5) is 10.4. The number of aryl methyl sites for hydroxylation is 2. The molecule has 0 aliphatic heterocycles. The Bertz CT molecular complexity index is 374. The molecule has 1 unspecified atom stereocenters. The first kappa shape index (κ1) is 12.6. The third-order valence-corrected chi connectivity index (χ3v) is 2.59. The molecule has 0 saturated heterocycles. The lowest BCUT2D eigenvalue weighted by Crippen LogP contribution is -2.17. The molecule has 1 atom stereocenters.